The fourth-order valence-electron chi connectivity index (χ4n) is 3.66. The summed E-state index contributed by atoms with van der Waals surface area (Å²) in [7, 11) is 0. The van der Waals surface area contributed by atoms with Gasteiger partial charge in [-0.15, -0.1) is 0 Å². The molecule has 3 nitrogen and oxygen atoms in total. The molecule has 0 aromatic heterocycles. The maximum atomic E-state index is 10.4. The van der Waals surface area contributed by atoms with E-state index in [2.05, 4.69) is 4.90 Å². The lowest BCUT2D eigenvalue weighted by atomic mass is 9.77. The molecule has 1 spiro atoms. The predicted molar refractivity (Wildman–Crippen MR) is 72.7 cm³/mol. The van der Waals surface area contributed by atoms with Crippen molar-refractivity contribution in [2.24, 2.45) is 5.41 Å². The second kappa shape index (κ2) is 6.55. The molecule has 3 heteroatoms. The van der Waals surface area contributed by atoms with Crippen molar-refractivity contribution >= 4 is 5.97 Å². The summed E-state index contributed by atoms with van der Waals surface area (Å²) in [5.74, 6) is -0.656. The SMILES string of the molecule is O=C(O)CCCCCN1CCC2(CCCC2)CC1. The normalized spacial score (nSPS) is 23.6. The van der Waals surface area contributed by atoms with Crippen LogP contribution < -0.4 is 0 Å². The van der Waals surface area contributed by atoms with E-state index >= 15 is 0 Å². The fourth-order valence-corrected chi connectivity index (χ4v) is 3.66. The van der Waals surface area contributed by atoms with Crippen molar-refractivity contribution in [3.8, 4) is 0 Å². The van der Waals surface area contributed by atoms with Gasteiger partial charge in [-0.1, -0.05) is 19.3 Å². The zero-order valence-corrected chi connectivity index (χ0v) is 11.5. The van der Waals surface area contributed by atoms with E-state index in [9.17, 15) is 4.79 Å². The average molecular weight is 253 g/mol. The first-order valence-corrected chi connectivity index (χ1v) is 7.64. The maximum Gasteiger partial charge on any atom is 0.303 e. The van der Waals surface area contributed by atoms with Crippen LogP contribution in [0.1, 0.15) is 64.2 Å². The number of hydrogen-bond donors (Lipinski definition) is 1. The molecule has 0 atom stereocenters. The van der Waals surface area contributed by atoms with Crippen molar-refractivity contribution in [2.75, 3.05) is 19.6 Å². The summed E-state index contributed by atoms with van der Waals surface area (Å²) in [5, 5.41) is 8.57. The summed E-state index contributed by atoms with van der Waals surface area (Å²) in [6.45, 7) is 3.73. The quantitative estimate of drug-likeness (QED) is 0.738. The second-order valence-corrected chi connectivity index (χ2v) is 6.25. The number of likely N-dealkylation sites (tertiary alicyclic amines) is 1. The number of nitrogens with zero attached hydrogens (tertiary/aromatic N) is 1. The summed E-state index contributed by atoms with van der Waals surface area (Å²) in [4.78, 5) is 13.0. The zero-order valence-electron chi connectivity index (χ0n) is 11.5. The number of hydrogen-bond acceptors (Lipinski definition) is 2. The van der Waals surface area contributed by atoms with Gasteiger partial charge in [0.15, 0.2) is 0 Å². The lowest BCUT2D eigenvalue weighted by molar-refractivity contribution is -0.137. The van der Waals surface area contributed by atoms with Crippen LogP contribution in [0.5, 0.6) is 0 Å². The largest absolute Gasteiger partial charge is 0.481 e. The Labute approximate surface area is 111 Å². The first-order valence-electron chi connectivity index (χ1n) is 7.64. The van der Waals surface area contributed by atoms with E-state index in [0.717, 1.165) is 18.3 Å². The molecular weight excluding hydrogens is 226 g/mol. The Balaban J connectivity index is 1.55. The standard InChI is InChI=1S/C15H27NO2/c17-14(18)6-2-1-5-11-16-12-9-15(10-13-16)7-3-4-8-15/h1-13H2,(H,17,18). The molecule has 1 aliphatic carbocycles. The number of rotatable bonds is 6. The smallest absolute Gasteiger partial charge is 0.303 e. The number of carbonyl (C=O) groups is 1. The van der Waals surface area contributed by atoms with Gasteiger partial charge in [0.25, 0.3) is 0 Å². The molecule has 2 fully saturated rings. The summed E-state index contributed by atoms with van der Waals surface area (Å²) in [5.41, 5.74) is 0.722. The number of carboxylic acids is 1. The van der Waals surface area contributed by atoms with Gasteiger partial charge in [-0.25, -0.2) is 0 Å². The molecule has 0 radical (unpaired) electrons. The van der Waals surface area contributed by atoms with Crippen LogP contribution in [0.2, 0.25) is 0 Å². The third-order valence-corrected chi connectivity index (χ3v) is 4.95. The summed E-state index contributed by atoms with van der Waals surface area (Å²) in [6, 6.07) is 0. The molecule has 1 N–H and O–H groups in total. The van der Waals surface area contributed by atoms with Crippen LogP contribution in [0.25, 0.3) is 0 Å². The summed E-state index contributed by atoms with van der Waals surface area (Å²) in [6.07, 6.45) is 12.1. The fraction of sp³-hybridized carbons (Fsp3) is 0.933. The highest BCUT2D eigenvalue weighted by Crippen LogP contribution is 2.46. The summed E-state index contributed by atoms with van der Waals surface area (Å²) < 4.78 is 0. The van der Waals surface area contributed by atoms with Gasteiger partial charge in [0, 0.05) is 6.42 Å². The van der Waals surface area contributed by atoms with Crippen LogP contribution >= 0.6 is 0 Å². The van der Waals surface area contributed by atoms with Crippen molar-refractivity contribution in [3.63, 3.8) is 0 Å². The Hall–Kier alpha value is -0.570. The van der Waals surface area contributed by atoms with Crippen LogP contribution in [-0.4, -0.2) is 35.6 Å². The lowest BCUT2D eigenvalue weighted by Gasteiger charge is -2.39. The van der Waals surface area contributed by atoms with Gasteiger partial charge in [-0.3, -0.25) is 4.79 Å². The van der Waals surface area contributed by atoms with E-state index in [-0.39, 0.29) is 0 Å². The van der Waals surface area contributed by atoms with Crippen LogP contribution in [0.4, 0.5) is 0 Å². The van der Waals surface area contributed by atoms with Crippen molar-refractivity contribution in [1.29, 1.82) is 0 Å². The molecule has 0 aromatic carbocycles. The molecule has 1 saturated carbocycles. The molecule has 1 heterocycles. The highest BCUT2D eigenvalue weighted by Gasteiger charge is 2.36. The molecule has 0 amide bonds. The highest BCUT2D eigenvalue weighted by molar-refractivity contribution is 5.66. The molecular formula is C15H27NO2. The minimum atomic E-state index is -0.656. The van der Waals surface area contributed by atoms with Gasteiger partial charge in [-0.2, -0.15) is 0 Å². The van der Waals surface area contributed by atoms with E-state index < -0.39 is 5.97 Å². The van der Waals surface area contributed by atoms with Crippen molar-refractivity contribution in [2.45, 2.75) is 64.2 Å². The number of piperidine rings is 1. The van der Waals surface area contributed by atoms with E-state index in [0.29, 0.717) is 6.42 Å². The zero-order chi connectivity index (χ0) is 12.8. The molecule has 18 heavy (non-hydrogen) atoms. The van der Waals surface area contributed by atoms with Gasteiger partial charge in [0.05, 0.1) is 0 Å². The third-order valence-electron chi connectivity index (χ3n) is 4.95. The van der Waals surface area contributed by atoms with Crippen molar-refractivity contribution in [1.82, 2.24) is 4.90 Å². The first-order chi connectivity index (χ1) is 8.70. The molecule has 1 saturated heterocycles. The van der Waals surface area contributed by atoms with Crippen LogP contribution in [0, 0.1) is 5.41 Å². The number of aliphatic carboxylic acids is 1. The first kappa shape index (κ1) is 13.9. The van der Waals surface area contributed by atoms with Gasteiger partial charge in [-0.05, 0) is 63.6 Å². The van der Waals surface area contributed by atoms with Crippen molar-refractivity contribution in [3.05, 3.63) is 0 Å². The molecule has 0 bridgehead atoms. The van der Waals surface area contributed by atoms with E-state index in [1.54, 1.807) is 0 Å². The minimum absolute atomic E-state index is 0.336. The molecule has 2 rings (SSSR count). The Morgan fingerprint density at radius 1 is 1.00 bits per heavy atom. The summed E-state index contributed by atoms with van der Waals surface area (Å²) >= 11 is 0. The van der Waals surface area contributed by atoms with E-state index in [1.165, 1.54) is 64.6 Å². The van der Waals surface area contributed by atoms with Gasteiger partial charge in [0.1, 0.15) is 0 Å². The molecule has 2 aliphatic rings. The molecule has 104 valence electrons. The predicted octanol–water partition coefficient (Wildman–Crippen LogP) is 3.29. The molecule has 0 unspecified atom stereocenters. The minimum Gasteiger partial charge on any atom is -0.481 e. The van der Waals surface area contributed by atoms with Gasteiger partial charge < -0.3 is 10.0 Å². The Morgan fingerprint density at radius 2 is 1.67 bits per heavy atom. The lowest BCUT2D eigenvalue weighted by Crippen LogP contribution is -2.39. The van der Waals surface area contributed by atoms with Crippen LogP contribution in [-0.2, 0) is 4.79 Å². The average Bonchev–Trinajstić information content (AvgIpc) is 2.80. The van der Waals surface area contributed by atoms with E-state index in [4.69, 9.17) is 5.11 Å². The van der Waals surface area contributed by atoms with E-state index in [1.807, 2.05) is 0 Å². The number of unbranched alkanes of at least 4 members (excludes halogenated alkanes) is 2. The van der Waals surface area contributed by atoms with Crippen LogP contribution in [0.3, 0.4) is 0 Å². The maximum absolute atomic E-state index is 10.4. The van der Waals surface area contributed by atoms with Gasteiger partial charge in [0.2, 0.25) is 0 Å². The van der Waals surface area contributed by atoms with Gasteiger partial charge >= 0.3 is 5.97 Å². The van der Waals surface area contributed by atoms with Crippen molar-refractivity contribution < 1.29 is 9.90 Å². The Morgan fingerprint density at radius 3 is 2.28 bits per heavy atom. The molecule has 0 aromatic rings. The monoisotopic (exact) mass is 253 g/mol. The Kier molecular flexibility index (Phi) is 5.04. The topological polar surface area (TPSA) is 40.5 Å². The van der Waals surface area contributed by atoms with Crippen LogP contribution in [0.15, 0.2) is 0 Å². The number of carboxylic acid groups (broad SMARTS) is 1. The third kappa shape index (κ3) is 3.98. The Bertz CT molecular complexity index is 262. The molecule has 1 aliphatic heterocycles. The highest BCUT2D eigenvalue weighted by atomic mass is 16.4. The second-order valence-electron chi connectivity index (χ2n) is 6.25.